The number of carboxylic acid groups (broad SMARTS) is 1. The third-order valence-corrected chi connectivity index (χ3v) is 4.44. The minimum Gasteiger partial charge on any atom is -0.480 e. The third kappa shape index (κ3) is 5.38. The van der Waals surface area contributed by atoms with E-state index in [9.17, 15) is 9.90 Å². The van der Waals surface area contributed by atoms with E-state index in [1.54, 1.807) is 6.92 Å². The Labute approximate surface area is 123 Å². The monoisotopic (exact) mass is 285 g/mol. The van der Waals surface area contributed by atoms with Gasteiger partial charge in [-0.3, -0.25) is 4.79 Å². The van der Waals surface area contributed by atoms with Gasteiger partial charge in [0.15, 0.2) is 0 Å². The summed E-state index contributed by atoms with van der Waals surface area (Å²) >= 11 is 0. The molecule has 0 amide bonds. The van der Waals surface area contributed by atoms with Crippen LogP contribution in [0.2, 0.25) is 0 Å². The minimum absolute atomic E-state index is 0.638. The fourth-order valence-electron chi connectivity index (χ4n) is 2.85. The van der Waals surface area contributed by atoms with Crippen LogP contribution in [-0.2, 0) is 4.79 Å². The second-order valence-electron chi connectivity index (χ2n) is 6.43. The quantitative estimate of drug-likeness (QED) is 0.699. The lowest BCUT2D eigenvalue weighted by molar-refractivity contribution is -0.144. The molecular weight excluding hydrogens is 254 g/mol. The number of rotatable bonds is 8. The maximum absolute atomic E-state index is 11.4. The number of aliphatic carboxylic acids is 1. The average molecular weight is 285 g/mol. The van der Waals surface area contributed by atoms with Crippen LogP contribution in [-0.4, -0.2) is 73.2 Å². The Morgan fingerprint density at radius 1 is 1.45 bits per heavy atom. The first-order valence-corrected chi connectivity index (χ1v) is 7.73. The molecule has 1 saturated heterocycles. The zero-order valence-electron chi connectivity index (χ0n) is 13.5. The van der Waals surface area contributed by atoms with Gasteiger partial charge in [0.25, 0.3) is 0 Å². The Bertz CT molecular complexity index is 303. The molecule has 0 spiro atoms. The second kappa shape index (κ2) is 7.96. The largest absolute Gasteiger partial charge is 0.480 e. The van der Waals surface area contributed by atoms with Gasteiger partial charge >= 0.3 is 5.97 Å². The van der Waals surface area contributed by atoms with Crippen molar-refractivity contribution in [2.75, 3.05) is 46.8 Å². The lowest BCUT2D eigenvalue weighted by Gasteiger charge is -2.33. The van der Waals surface area contributed by atoms with Crippen molar-refractivity contribution in [2.45, 2.75) is 38.6 Å². The smallest absolute Gasteiger partial charge is 0.323 e. The van der Waals surface area contributed by atoms with Crippen LogP contribution in [0.5, 0.6) is 0 Å². The van der Waals surface area contributed by atoms with Crippen molar-refractivity contribution in [3.8, 4) is 0 Å². The standard InChI is InChI=1S/C15H31N3O2/c1-5-16-15(2,14(19)20)8-11-18(4)12-13-6-9-17(3)10-7-13/h13,16H,5-12H2,1-4H3,(H,19,20). The second-order valence-corrected chi connectivity index (χ2v) is 6.43. The zero-order chi connectivity index (χ0) is 15.2. The highest BCUT2D eigenvalue weighted by Gasteiger charge is 2.32. The van der Waals surface area contributed by atoms with E-state index in [1.165, 1.54) is 25.9 Å². The molecule has 0 aromatic carbocycles. The highest BCUT2D eigenvalue weighted by atomic mass is 16.4. The number of nitrogens with zero attached hydrogens (tertiary/aromatic N) is 2. The Balaban J connectivity index is 2.34. The Kier molecular flexibility index (Phi) is 6.92. The molecule has 5 heteroatoms. The molecule has 20 heavy (non-hydrogen) atoms. The first-order chi connectivity index (χ1) is 9.37. The molecule has 0 aliphatic carbocycles. The van der Waals surface area contributed by atoms with Crippen LogP contribution in [0.3, 0.4) is 0 Å². The van der Waals surface area contributed by atoms with Crippen molar-refractivity contribution in [3.63, 3.8) is 0 Å². The summed E-state index contributed by atoms with van der Waals surface area (Å²) in [6.45, 7) is 8.68. The van der Waals surface area contributed by atoms with Gasteiger partial charge in [-0.05, 0) is 65.8 Å². The van der Waals surface area contributed by atoms with E-state index in [-0.39, 0.29) is 0 Å². The number of likely N-dealkylation sites (tertiary alicyclic amines) is 1. The van der Waals surface area contributed by atoms with Crippen molar-refractivity contribution in [3.05, 3.63) is 0 Å². The number of nitrogens with one attached hydrogen (secondary N) is 1. The fraction of sp³-hybridized carbons (Fsp3) is 0.933. The van der Waals surface area contributed by atoms with Gasteiger partial charge in [-0.15, -0.1) is 0 Å². The van der Waals surface area contributed by atoms with Crippen LogP contribution in [0, 0.1) is 5.92 Å². The number of hydrogen-bond donors (Lipinski definition) is 2. The molecule has 0 saturated carbocycles. The molecule has 2 N–H and O–H groups in total. The fourth-order valence-corrected chi connectivity index (χ4v) is 2.85. The van der Waals surface area contributed by atoms with Gasteiger partial charge in [0.05, 0.1) is 0 Å². The van der Waals surface area contributed by atoms with Gasteiger partial charge in [-0.2, -0.15) is 0 Å². The van der Waals surface area contributed by atoms with Crippen molar-refractivity contribution in [1.29, 1.82) is 0 Å². The summed E-state index contributed by atoms with van der Waals surface area (Å²) in [5, 5.41) is 12.4. The normalized spacial score (nSPS) is 21.1. The van der Waals surface area contributed by atoms with E-state index in [4.69, 9.17) is 0 Å². The molecule has 1 fully saturated rings. The summed E-state index contributed by atoms with van der Waals surface area (Å²) in [5.74, 6) is -0.00143. The summed E-state index contributed by atoms with van der Waals surface area (Å²) in [4.78, 5) is 16.0. The Morgan fingerprint density at radius 2 is 2.05 bits per heavy atom. The molecule has 1 rings (SSSR count). The molecule has 1 heterocycles. The predicted octanol–water partition coefficient (Wildman–Crippen LogP) is 1.10. The molecule has 0 aromatic rings. The molecule has 118 valence electrons. The topological polar surface area (TPSA) is 55.8 Å². The molecule has 1 atom stereocenters. The van der Waals surface area contributed by atoms with Gasteiger partial charge in [-0.25, -0.2) is 0 Å². The summed E-state index contributed by atoms with van der Waals surface area (Å²) in [7, 11) is 4.28. The SMILES string of the molecule is CCNC(C)(CCN(C)CC1CCN(C)CC1)C(=O)O. The highest BCUT2D eigenvalue weighted by molar-refractivity contribution is 5.78. The van der Waals surface area contributed by atoms with Crippen molar-refractivity contribution in [2.24, 2.45) is 5.92 Å². The highest BCUT2D eigenvalue weighted by Crippen LogP contribution is 2.18. The van der Waals surface area contributed by atoms with Gasteiger partial charge < -0.3 is 20.2 Å². The van der Waals surface area contributed by atoms with E-state index >= 15 is 0 Å². The van der Waals surface area contributed by atoms with Crippen LogP contribution < -0.4 is 5.32 Å². The van der Waals surface area contributed by atoms with Gasteiger partial charge in [-0.1, -0.05) is 6.92 Å². The van der Waals surface area contributed by atoms with Crippen LogP contribution >= 0.6 is 0 Å². The summed E-state index contributed by atoms with van der Waals surface area (Å²) in [5.41, 5.74) is -0.810. The molecule has 5 nitrogen and oxygen atoms in total. The zero-order valence-corrected chi connectivity index (χ0v) is 13.5. The van der Waals surface area contributed by atoms with Crippen LogP contribution in [0.4, 0.5) is 0 Å². The Hall–Kier alpha value is -0.650. The lowest BCUT2D eigenvalue weighted by Crippen LogP contribution is -2.51. The molecule has 0 bridgehead atoms. The van der Waals surface area contributed by atoms with E-state index in [2.05, 4.69) is 29.2 Å². The number of carboxylic acids is 1. The average Bonchev–Trinajstić information content (AvgIpc) is 2.39. The van der Waals surface area contributed by atoms with E-state index in [0.717, 1.165) is 19.0 Å². The number of likely N-dealkylation sites (N-methyl/N-ethyl adjacent to an activating group) is 1. The van der Waals surface area contributed by atoms with Crippen molar-refractivity contribution >= 4 is 5.97 Å². The van der Waals surface area contributed by atoms with Crippen molar-refractivity contribution < 1.29 is 9.90 Å². The summed E-state index contributed by atoms with van der Waals surface area (Å²) < 4.78 is 0. The van der Waals surface area contributed by atoms with Crippen LogP contribution in [0.1, 0.15) is 33.1 Å². The van der Waals surface area contributed by atoms with Crippen LogP contribution in [0.15, 0.2) is 0 Å². The van der Waals surface area contributed by atoms with E-state index in [1.807, 2.05) is 6.92 Å². The first kappa shape index (κ1) is 17.4. The number of hydrogen-bond acceptors (Lipinski definition) is 4. The summed E-state index contributed by atoms with van der Waals surface area (Å²) in [6, 6.07) is 0. The summed E-state index contributed by atoms with van der Waals surface area (Å²) in [6.07, 6.45) is 3.15. The molecule has 0 aromatic heterocycles. The van der Waals surface area contributed by atoms with Gasteiger partial charge in [0.1, 0.15) is 5.54 Å². The first-order valence-electron chi connectivity index (χ1n) is 7.73. The van der Waals surface area contributed by atoms with Gasteiger partial charge in [0, 0.05) is 13.1 Å². The maximum atomic E-state index is 11.4. The van der Waals surface area contributed by atoms with E-state index < -0.39 is 11.5 Å². The minimum atomic E-state index is -0.810. The molecule has 1 aliphatic rings. The molecular formula is C15H31N3O2. The molecule has 1 unspecified atom stereocenters. The number of piperidine rings is 1. The third-order valence-electron chi connectivity index (χ3n) is 4.44. The number of carbonyl (C=O) groups is 1. The predicted molar refractivity (Wildman–Crippen MR) is 82.1 cm³/mol. The van der Waals surface area contributed by atoms with E-state index in [0.29, 0.717) is 13.0 Å². The lowest BCUT2D eigenvalue weighted by atomic mass is 9.95. The van der Waals surface area contributed by atoms with Crippen LogP contribution in [0.25, 0.3) is 0 Å². The Morgan fingerprint density at radius 3 is 2.55 bits per heavy atom. The molecule has 1 aliphatic heterocycles. The molecule has 0 radical (unpaired) electrons. The van der Waals surface area contributed by atoms with Gasteiger partial charge in [0.2, 0.25) is 0 Å². The maximum Gasteiger partial charge on any atom is 0.323 e. The van der Waals surface area contributed by atoms with Crippen molar-refractivity contribution in [1.82, 2.24) is 15.1 Å².